The maximum absolute atomic E-state index is 13.3. The molecule has 1 amide bonds. The normalized spacial score (nSPS) is 16.0. The molecule has 2 aromatic rings. The van der Waals surface area contributed by atoms with E-state index in [1.165, 1.54) is 12.1 Å². The van der Waals surface area contributed by atoms with Crippen molar-refractivity contribution in [1.82, 2.24) is 4.31 Å². The first kappa shape index (κ1) is 21.3. The average Bonchev–Trinajstić information content (AvgIpc) is 2.66. The van der Waals surface area contributed by atoms with Crippen molar-refractivity contribution in [2.45, 2.75) is 23.8 Å². The van der Waals surface area contributed by atoms with E-state index in [0.29, 0.717) is 12.1 Å². The van der Waals surface area contributed by atoms with E-state index in [1.54, 1.807) is 0 Å². The summed E-state index contributed by atoms with van der Waals surface area (Å²) in [6.07, 6.45) is -0.0189. The lowest BCUT2D eigenvalue weighted by Crippen LogP contribution is -2.41. The number of amides is 1. The summed E-state index contributed by atoms with van der Waals surface area (Å²) < 4.78 is 66.6. The number of aliphatic hydroxyl groups excluding tert-OH is 1. The molecule has 3 rings (SSSR count). The summed E-state index contributed by atoms with van der Waals surface area (Å²) in [6, 6.07) is 4.74. The van der Waals surface area contributed by atoms with E-state index in [0.717, 1.165) is 10.4 Å². The molecular weight excluding hydrogens is 408 g/mol. The van der Waals surface area contributed by atoms with Gasteiger partial charge in [0.15, 0.2) is 17.5 Å². The largest absolute Gasteiger partial charge is 0.393 e. The third-order valence-electron chi connectivity index (χ3n) is 4.56. The molecule has 1 fully saturated rings. The summed E-state index contributed by atoms with van der Waals surface area (Å²) in [6.45, 7) is 0.209. The van der Waals surface area contributed by atoms with E-state index in [-0.39, 0.29) is 47.5 Å². The second-order valence-electron chi connectivity index (χ2n) is 6.60. The van der Waals surface area contributed by atoms with Gasteiger partial charge in [-0.05, 0) is 25.0 Å². The Morgan fingerprint density at radius 3 is 2.28 bits per heavy atom. The molecule has 0 saturated carbocycles. The lowest BCUT2D eigenvalue weighted by molar-refractivity contribution is 0.102. The SMILES string of the molecule is [B]c1ccc(C(=O)Nc2cc(F)c(F)c(F)c2)cc1S(=O)(=O)N1CCC(O)CC1. The van der Waals surface area contributed by atoms with Gasteiger partial charge in [0, 0.05) is 36.5 Å². The maximum Gasteiger partial charge on any atom is 0.255 e. The summed E-state index contributed by atoms with van der Waals surface area (Å²) in [5.41, 5.74) is -0.538. The number of hydrogen-bond donors (Lipinski definition) is 2. The summed E-state index contributed by atoms with van der Waals surface area (Å²) >= 11 is 0. The molecule has 1 heterocycles. The molecule has 0 bridgehead atoms. The van der Waals surface area contributed by atoms with Crippen LogP contribution in [-0.4, -0.2) is 50.8 Å². The molecule has 0 unspecified atom stereocenters. The number of benzene rings is 2. The molecule has 0 aromatic heterocycles. The highest BCUT2D eigenvalue weighted by Crippen LogP contribution is 2.22. The zero-order valence-electron chi connectivity index (χ0n) is 15.0. The van der Waals surface area contributed by atoms with Crippen LogP contribution in [0.25, 0.3) is 0 Å². The van der Waals surface area contributed by atoms with Gasteiger partial charge >= 0.3 is 0 Å². The Morgan fingerprint density at radius 2 is 1.69 bits per heavy atom. The van der Waals surface area contributed by atoms with Crippen LogP contribution in [0.2, 0.25) is 0 Å². The van der Waals surface area contributed by atoms with Crippen LogP contribution in [0.5, 0.6) is 0 Å². The second kappa shape index (κ2) is 8.17. The first-order valence-corrected chi connectivity index (χ1v) is 10.1. The first-order valence-electron chi connectivity index (χ1n) is 8.63. The average molecular weight is 424 g/mol. The molecule has 0 aliphatic carbocycles. The number of nitrogens with one attached hydrogen (secondary N) is 1. The Balaban J connectivity index is 1.87. The second-order valence-corrected chi connectivity index (χ2v) is 8.50. The van der Waals surface area contributed by atoms with Crippen LogP contribution in [-0.2, 0) is 10.0 Å². The number of carbonyl (C=O) groups is 1. The van der Waals surface area contributed by atoms with Gasteiger partial charge < -0.3 is 10.4 Å². The van der Waals surface area contributed by atoms with E-state index in [2.05, 4.69) is 5.32 Å². The fraction of sp³-hybridized carbons (Fsp3) is 0.278. The molecule has 2 radical (unpaired) electrons. The van der Waals surface area contributed by atoms with Crippen LogP contribution < -0.4 is 10.8 Å². The Kier molecular flexibility index (Phi) is 6.01. The third kappa shape index (κ3) is 4.46. The van der Waals surface area contributed by atoms with Crippen LogP contribution >= 0.6 is 0 Å². The van der Waals surface area contributed by atoms with Gasteiger partial charge in [-0.25, -0.2) is 21.6 Å². The minimum Gasteiger partial charge on any atom is -0.393 e. The van der Waals surface area contributed by atoms with Crippen molar-refractivity contribution in [1.29, 1.82) is 0 Å². The number of rotatable bonds is 4. The number of carbonyl (C=O) groups excluding carboxylic acids is 1. The molecule has 0 atom stereocenters. The Bertz CT molecular complexity index is 1030. The van der Waals surface area contributed by atoms with E-state index in [1.807, 2.05) is 0 Å². The molecule has 152 valence electrons. The van der Waals surface area contributed by atoms with Crippen LogP contribution in [0.15, 0.2) is 35.2 Å². The summed E-state index contributed by atoms with van der Waals surface area (Å²) in [5, 5.41) is 11.7. The fourth-order valence-electron chi connectivity index (χ4n) is 2.95. The number of nitrogens with zero attached hydrogens (tertiary/aromatic N) is 1. The standard InChI is InChI=1S/C18H16BF3N2O4S/c19-13-2-1-10(18(26)23-11-8-14(20)17(22)15(21)9-11)7-16(13)29(27,28)24-5-3-12(25)4-6-24/h1-2,7-9,12,25H,3-6H2,(H,23,26). The van der Waals surface area contributed by atoms with E-state index in [4.69, 9.17) is 7.85 Å². The molecule has 1 aliphatic heterocycles. The molecule has 2 N–H and O–H groups in total. The van der Waals surface area contributed by atoms with Crippen LogP contribution in [0.4, 0.5) is 18.9 Å². The molecule has 6 nitrogen and oxygen atoms in total. The first-order chi connectivity index (χ1) is 13.6. The molecule has 1 aliphatic rings. The molecular formula is C18H16BF3N2O4S. The Labute approximate surface area is 166 Å². The minimum absolute atomic E-state index is 0.0773. The van der Waals surface area contributed by atoms with Crippen molar-refractivity contribution in [2.75, 3.05) is 18.4 Å². The lowest BCUT2D eigenvalue weighted by Gasteiger charge is -2.29. The van der Waals surface area contributed by atoms with E-state index >= 15 is 0 Å². The number of aliphatic hydroxyl groups is 1. The predicted molar refractivity (Wildman–Crippen MR) is 100 cm³/mol. The molecule has 11 heteroatoms. The number of hydrogen-bond acceptors (Lipinski definition) is 4. The van der Waals surface area contributed by atoms with Gasteiger partial charge in [0.2, 0.25) is 10.0 Å². The van der Waals surface area contributed by atoms with Crippen molar-refractivity contribution in [3.63, 3.8) is 0 Å². The Hall–Kier alpha value is -2.37. The highest BCUT2D eigenvalue weighted by molar-refractivity contribution is 7.89. The Morgan fingerprint density at radius 1 is 1.10 bits per heavy atom. The number of halogens is 3. The number of piperidine rings is 1. The van der Waals surface area contributed by atoms with Gasteiger partial charge in [-0.15, -0.1) is 0 Å². The summed E-state index contributed by atoms with van der Waals surface area (Å²) in [5.74, 6) is -5.49. The fourth-order valence-corrected chi connectivity index (χ4v) is 4.56. The van der Waals surface area contributed by atoms with Crippen LogP contribution in [0.3, 0.4) is 0 Å². The van der Waals surface area contributed by atoms with Crippen LogP contribution in [0.1, 0.15) is 23.2 Å². The van der Waals surface area contributed by atoms with Crippen molar-refractivity contribution < 1.29 is 31.5 Å². The zero-order valence-corrected chi connectivity index (χ0v) is 15.8. The molecule has 1 saturated heterocycles. The highest BCUT2D eigenvalue weighted by atomic mass is 32.2. The zero-order chi connectivity index (χ0) is 21.3. The monoisotopic (exact) mass is 424 g/mol. The molecule has 0 spiro atoms. The van der Waals surface area contributed by atoms with Gasteiger partial charge in [-0.1, -0.05) is 11.5 Å². The topological polar surface area (TPSA) is 86.7 Å². The van der Waals surface area contributed by atoms with Crippen molar-refractivity contribution in [3.05, 3.63) is 53.3 Å². The van der Waals surface area contributed by atoms with Crippen LogP contribution in [0, 0.1) is 17.5 Å². The van der Waals surface area contributed by atoms with Gasteiger partial charge in [0.1, 0.15) is 7.85 Å². The van der Waals surface area contributed by atoms with Gasteiger partial charge in [-0.2, -0.15) is 4.31 Å². The van der Waals surface area contributed by atoms with Gasteiger partial charge in [0.05, 0.1) is 11.0 Å². The van der Waals surface area contributed by atoms with Crippen molar-refractivity contribution in [2.24, 2.45) is 0 Å². The smallest absolute Gasteiger partial charge is 0.255 e. The predicted octanol–water partition coefficient (Wildman–Crippen LogP) is 1.30. The van der Waals surface area contributed by atoms with E-state index in [9.17, 15) is 31.5 Å². The lowest BCUT2D eigenvalue weighted by atomic mass is 9.95. The highest BCUT2D eigenvalue weighted by Gasteiger charge is 2.30. The minimum atomic E-state index is -4.02. The van der Waals surface area contributed by atoms with Crippen molar-refractivity contribution >= 4 is 34.9 Å². The third-order valence-corrected chi connectivity index (χ3v) is 6.51. The van der Waals surface area contributed by atoms with E-state index < -0.39 is 39.5 Å². The summed E-state index contributed by atoms with van der Waals surface area (Å²) in [7, 11) is 1.77. The number of anilines is 1. The van der Waals surface area contributed by atoms with Gasteiger partial charge in [0.25, 0.3) is 5.91 Å². The quantitative estimate of drug-likeness (QED) is 0.573. The number of sulfonamides is 1. The summed E-state index contributed by atoms with van der Waals surface area (Å²) in [4.78, 5) is 12.1. The van der Waals surface area contributed by atoms with Gasteiger partial charge in [-0.3, -0.25) is 4.79 Å². The van der Waals surface area contributed by atoms with Crippen molar-refractivity contribution in [3.8, 4) is 0 Å². The molecule has 29 heavy (non-hydrogen) atoms. The molecule has 2 aromatic carbocycles. The maximum atomic E-state index is 13.3.